The molecule has 3 aromatic rings. The Kier molecular flexibility index (Phi) is 4.42. The lowest BCUT2D eigenvalue weighted by Gasteiger charge is -1.98. The fraction of sp³-hybridized carbons (Fsp3) is 0.0625. The molecule has 0 fully saturated rings. The van der Waals surface area contributed by atoms with Gasteiger partial charge in [0.1, 0.15) is 0 Å². The third kappa shape index (κ3) is 3.48. The van der Waals surface area contributed by atoms with Crippen LogP contribution in [0.25, 0.3) is 11.4 Å². The number of benzene rings is 2. The first-order valence-electron chi connectivity index (χ1n) is 6.55. The molecule has 1 aromatic heterocycles. The van der Waals surface area contributed by atoms with Gasteiger partial charge in [-0.3, -0.25) is 5.10 Å². The van der Waals surface area contributed by atoms with Gasteiger partial charge in [0.15, 0.2) is 5.82 Å². The van der Waals surface area contributed by atoms with Gasteiger partial charge in [-0.1, -0.05) is 35.5 Å². The van der Waals surface area contributed by atoms with E-state index in [9.17, 15) is 0 Å². The van der Waals surface area contributed by atoms with Crippen molar-refractivity contribution in [1.29, 1.82) is 5.26 Å². The van der Waals surface area contributed by atoms with Crippen LogP contribution >= 0.6 is 23.4 Å². The van der Waals surface area contributed by atoms with E-state index in [4.69, 9.17) is 16.9 Å². The van der Waals surface area contributed by atoms with Gasteiger partial charge in [0.05, 0.1) is 11.6 Å². The summed E-state index contributed by atoms with van der Waals surface area (Å²) in [5.74, 6) is 1.47. The first-order valence-corrected chi connectivity index (χ1v) is 7.91. The predicted octanol–water partition coefficient (Wildman–Crippen LogP) is 4.29. The van der Waals surface area contributed by atoms with Gasteiger partial charge in [-0.25, -0.2) is 4.98 Å². The lowest BCUT2D eigenvalue weighted by atomic mass is 10.2. The molecule has 0 bridgehead atoms. The summed E-state index contributed by atoms with van der Waals surface area (Å²) >= 11 is 7.42. The Hall–Kier alpha value is -2.29. The molecule has 2 aromatic carbocycles. The average molecular weight is 327 g/mol. The SMILES string of the molecule is N#Cc1ccc(CSc2n[nH]c(-c3ccc(Cl)cc3)n2)cc1. The Morgan fingerprint density at radius 3 is 2.50 bits per heavy atom. The Morgan fingerprint density at radius 1 is 1.09 bits per heavy atom. The van der Waals surface area contributed by atoms with Gasteiger partial charge in [-0.05, 0) is 42.0 Å². The maximum absolute atomic E-state index is 8.78. The molecule has 4 nitrogen and oxygen atoms in total. The van der Waals surface area contributed by atoms with Crippen LogP contribution in [0.3, 0.4) is 0 Å². The molecule has 1 heterocycles. The zero-order valence-corrected chi connectivity index (χ0v) is 13.0. The number of nitriles is 1. The second-order valence-electron chi connectivity index (χ2n) is 4.57. The topological polar surface area (TPSA) is 65.4 Å². The van der Waals surface area contributed by atoms with Crippen LogP contribution in [0.15, 0.2) is 53.7 Å². The van der Waals surface area contributed by atoms with E-state index in [1.807, 2.05) is 48.5 Å². The number of thioether (sulfide) groups is 1. The number of nitrogens with one attached hydrogen (secondary N) is 1. The summed E-state index contributed by atoms with van der Waals surface area (Å²) in [7, 11) is 0. The van der Waals surface area contributed by atoms with Crippen LogP contribution in [0.2, 0.25) is 5.02 Å². The molecule has 0 spiro atoms. The maximum Gasteiger partial charge on any atom is 0.209 e. The summed E-state index contributed by atoms with van der Waals surface area (Å²) in [5, 5.41) is 17.3. The van der Waals surface area contributed by atoms with E-state index >= 15 is 0 Å². The summed E-state index contributed by atoms with van der Waals surface area (Å²) in [6.07, 6.45) is 0. The molecule has 0 saturated heterocycles. The molecule has 0 amide bonds. The van der Waals surface area contributed by atoms with Gasteiger partial charge in [0, 0.05) is 16.3 Å². The summed E-state index contributed by atoms with van der Waals surface area (Å²) < 4.78 is 0. The van der Waals surface area contributed by atoms with E-state index < -0.39 is 0 Å². The lowest BCUT2D eigenvalue weighted by Crippen LogP contribution is -1.83. The summed E-state index contributed by atoms with van der Waals surface area (Å²) in [6.45, 7) is 0. The molecular weight excluding hydrogens is 316 g/mol. The van der Waals surface area contributed by atoms with Crippen LogP contribution in [-0.4, -0.2) is 15.2 Å². The van der Waals surface area contributed by atoms with Gasteiger partial charge >= 0.3 is 0 Å². The molecule has 108 valence electrons. The van der Waals surface area contributed by atoms with Crippen molar-refractivity contribution in [2.45, 2.75) is 10.9 Å². The van der Waals surface area contributed by atoms with E-state index in [-0.39, 0.29) is 0 Å². The maximum atomic E-state index is 8.78. The Morgan fingerprint density at radius 2 is 1.82 bits per heavy atom. The first kappa shape index (κ1) is 14.6. The summed E-state index contributed by atoms with van der Waals surface area (Å²) in [5.41, 5.74) is 2.74. The molecule has 1 N–H and O–H groups in total. The third-order valence-electron chi connectivity index (χ3n) is 3.03. The fourth-order valence-electron chi connectivity index (χ4n) is 1.87. The molecule has 22 heavy (non-hydrogen) atoms. The molecular formula is C16H11ClN4S. The molecule has 0 aliphatic carbocycles. The monoisotopic (exact) mass is 326 g/mol. The van der Waals surface area contributed by atoms with Gasteiger partial charge in [0.25, 0.3) is 0 Å². The van der Waals surface area contributed by atoms with Crippen LogP contribution in [0, 0.1) is 11.3 Å². The summed E-state index contributed by atoms with van der Waals surface area (Å²) in [4.78, 5) is 4.46. The van der Waals surface area contributed by atoms with Gasteiger partial charge in [0.2, 0.25) is 5.16 Å². The minimum atomic E-state index is 0.664. The Balaban J connectivity index is 1.66. The zero-order chi connectivity index (χ0) is 15.4. The number of halogens is 1. The molecule has 0 radical (unpaired) electrons. The molecule has 6 heteroatoms. The second kappa shape index (κ2) is 6.65. The number of hydrogen-bond donors (Lipinski definition) is 1. The molecule has 0 unspecified atom stereocenters. The highest BCUT2D eigenvalue weighted by atomic mass is 35.5. The molecule has 0 saturated carbocycles. The van der Waals surface area contributed by atoms with Crippen molar-refractivity contribution >= 4 is 23.4 Å². The van der Waals surface area contributed by atoms with Gasteiger partial charge < -0.3 is 0 Å². The number of rotatable bonds is 4. The highest BCUT2D eigenvalue weighted by molar-refractivity contribution is 7.98. The van der Waals surface area contributed by atoms with E-state index in [1.165, 1.54) is 0 Å². The molecule has 3 rings (SSSR count). The van der Waals surface area contributed by atoms with Crippen LogP contribution in [0.4, 0.5) is 0 Å². The third-order valence-corrected chi connectivity index (χ3v) is 4.20. The first-order chi connectivity index (χ1) is 10.7. The standard InChI is InChI=1S/C16H11ClN4S/c17-14-7-5-13(6-8-14)15-19-16(21-20-15)22-10-12-3-1-11(9-18)2-4-12/h1-8H,10H2,(H,19,20,21). The normalized spacial score (nSPS) is 10.4. The summed E-state index contributed by atoms with van der Waals surface area (Å²) in [6, 6.07) is 17.1. The smallest absolute Gasteiger partial charge is 0.209 e. The quantitative estimate of drug-likeness (QED) is 0.726. The number of hydrogen-bond acceptors (Lipinski definition) is 4. The van der Waals surface area contributed by atoms with E-state index in [0.29, 0.717) is 15.7 Å². The van der Waals surface area contributed by atoms with Crippen molar-refractivity contribution in [2.24, 2.45) is 0 Å². The minimum absolute atomic E-state index is 0.664. The van der Waals surface area contributed by atoms with Crippen LogP contribution in [-0.2, 0) is 5.75 Å². The predicted molar refractivity (Wildman–Crippen MR) is 87.5 cm³/mol. The average Bonchev–Trinajstić information content (AvgIpc) is 3.03. The number of aromatic amines is 1. The molecule has 0 atom stereocenters. The van der Waals surface area contributed by atoms with E-state index in [0.717, 1.165) is 22.7 Å². The van der Waals surface area contributed by atoms with Gasteiger partial charge in [-0.2, -0.15) is 5.26 Å². The van der Waals surface area contributed by atoms with E-state index in [1.54, 1.807) is 11.8 Å². The van der Waals surface area contributed by atoms with Crippen molar-refractivity contribution in [3.63, 3.8) is 0 Å². The van der Waals surface area contributed by atoms with Crippen molar-refractivity contribution in [2.75, 3.05) is 0 Å². The largest absolute Gasteiger partial charge is 0.258 e. The van der Waals surface area contributed by atoms with E-state index in [2.05, 4.69) is 21.3 Å². The van der Waals surface area contributed by atoms with Crippen LogP contribution in [0.1, 0.15) is 11.1 Å². The number of nitrogens with zero attached hydrogens (tertiary/aromatic N) is 3. The number of H-pyrrole nitrogens is 1. The highest BCUT2D eigenvalue weighted by Gasteiger charge is 2.06. The highest BCUT2D eigenvalue weighted by Crippen LogP contribution is 2.23. The van der Waals surface area contributed by atoms with Crippen LogP contribution in [0.5, 0.6) is 0 Å². The Bertz CT molecular complexity index is 803. The number of aromatic nitrogens is 3. The second-order valence-corrected chi connectivity index (χ2v) is 5.95. The van der Waals surface area contributed by atoms with Crippen molar-refractivity contribution in [3.8, 4) is 17.5 Å². The molecule has 0 aliphatic rings. The Labute approximate surface area is 137 Å². The van der Waals surface area contributed by atoms with Crippen molar-refractivity contribution < 1.29 is 0 Å². The van der Waals surface area contributed by atoms with Crippen LogP contribution < -0.4 is 0 Å². The zero-order valence-electron chi connectivity index (χ0n) is 11.5. The fourth-order valence-corrected chi connectivity index (χ4v) is 2.75. The van der Waals surface area contributed by atoms with Gasteiger partial charge in [-0.15, -0.1) is 5.10 Å². The van der Waals surface area contributed by atoms with Crippen molar-refractivity contribution in [3.05, 3.63) is 64.7 Å². The molecule has 0 aliphatic heterocycles. The minimum Gasteiger partial charge on any atom is -0.258 e. The lowest BCUT2D eigenvalue weighted by molar-refractivity contribution is 0.973. The van der Waals surface area contributed by atoms with Crippen molar-refractivity contribution in [1.82, 2.24) is 15.2 Å².